The molecule has 0 atom stereocenters. The van der Waals surface area contributed by atoms with E-state index in [1.807, 2.05) is 4.90 Å². The second kappa shape index (κ2) is 3.62. The molecular formula is C7H10N4O3. The number of anilines is 1. The third kappa shape index (κ3) is 1.53. The quantitative estimate of drug-likeness (QED) is 0.655. The van der Waals surface area contributed by atoms with Gasteiger partial charge in [-0.2, -0.15) is 5.21 Å². The molecule has 0 aliphatic carbocycles. The number of carboxylic acid groups (broad SMARTS) is 1. The van der Waals surface area contributed by atoms with Gasteiger partial charge in [-0.25, -0.2) is 4.79 Å². The standard InChI is InChI=1S/C7H10N4O3/c12-7(13)5-6(9-10-8-5)11-1-3-14-4-2-11/h1-4H2,(H,12,13)(H,8,9,10). The van der Waals surface area contributed by atoms with E-state index < -0.39 is 5.97 Å². The van der Waals surface area contributed by atoms with Crippen LogP contribution in [0.1, 0.15) is 10.5 Å². The number of rotatable bonds is 2. The Morgan fingerprint density at radius 1 is 1.43 bits per heavy atom. The maximum absolute atomic E-state index is 10.7. The summed E-state index contributed by atoms with van der Waals surface area (Å²) in [6.45, 7) is 2.47. The summed E-state index contributed by atoms with van der Waals surface area (Å²) < 4.78 is 5.15. The van der Waals surface area contributed by atoms with Crippen molar-refractivity contribution in [2.75, 3.05) is 31.2 Å². The van der Waals surface area contributed by atoms with Crippen molar-refractivity contribution in [3.05, 3.63) is 5.69 Å². The highest BCUT2D eigenvalue weighted by atomic mass is 16.5. The zero-order valence-corrected chi connectivity index (χ0v) is 7.43. The first-order valence-electron chi connectivity index (χ1n) is 4.26. The molecule has 2 rings (SSSR count). The molecule has 0 bridgehead atoms. The second-order valence-electron chi connectivity index (χ2n) is 2.90. The smallest absolute Gasteiger partial charge is 0.360 e. The van der Waals surface area contributed by atoms with Gasteiger partial charge in [-0.3, -0.25) is 0 Å². The molecule has 0 saturated carbocycles. The van der Waals surface area contributed by atoms with Gasteiger partial charge in [0.1, 0.15) is 0 Å². The maximum Gasteiger partial charge on any atom is 0.360 e. The van der Waals surface area contributed by atoms with Gasteiger partial charge >= 0.3 is 5.97 Å². The lowest BCUT2D eigenvalue weighted by molar-refractivity contribution is 0.0690. The molecular weight excluding hydrogens is 188 g/mol. The molecule has 0 spiro atoms. The third-order valence-electron chi connectivity index (χ3n) is 2.04. The van der Waals surface area contributed by atoms with Crippen molar-refractivity contribution in [1.29, 1.82) is 0 Å². The normalized spacial score (nSPS) is 17.0. The molecule has 0 radical (unpaired) electrons. The van der Waals surface area contributed by atoms with E-state index in [0.29, 0.717) is 32.1 Å². The number of carboxylic acids is 1. The molecule has 1 aliphatic rings. The monoisotopic (exact) mass is 198 g/mol. The molecule has 7 heteroatoms. The van der Waals surface area contributed by atoms with Crippen LogP contribution in [0.3, 0.4) is 0 Å². The van der Waals surface area contributed by atoms with E-state index in [1.54, 1.807) is 0 Å². The van der Waals surface area contributed by atoms with Gasteiger partial charge in [0, 0.05) is 13.1 Å². The van der Waals surface area contributed by atoms with Gasteiger partial charge in [0.05, 0.1) is 13.2 Å². The summed E-state index contributed by atoms with van der Waals surface area (Å²) >= 11 is 0. The average molecular weight is 198 g/mol. The highest BCUT2D eigenvalue weighted by Crippen LogP contribution is 2.15. The largest absolute Gasteiger partial charge is 0.476 e. The molecule has 7 nitrogen and oxygen atoms in total. The molecule has 1 fully saturated rings. The Morgan fingerprint density at radius 2 is 2.14 bits per heavy atom. The van der Waals surface area contributed by atoms with Gasteiger partial charge in [-0.1, -0.05) is 0 Å². The van der Waals surface area contributed by atoms with Crippen LogP contribution in [0.25, 0.3) is 0 Å². The van der Waals surface area contributed by atoms with E-state index in [4.69, 9.17) is 9.84 Å². The van der Waals surface area contributed by atoms with Crippen molar-refractivity contribution in [3.63, 3.8) is 0 Å². The van der Waals surface area contributed by atoms with E-state index in [9.17, 15) is 4.79 Å². The Labute approximate surface area is 79.7 Å². The minimum atomic E-state index is -1.07. The summed E-state index contributed by atoms with van der Waals surface area (Å²) in [5, 5.41) is 18.5. The number of hydrogen-bond acceptors (Lipinski definition) is 5. The molecule has 1 aromatic heterocycles. The summed E-state index contributed by atoms with van der Waals surface area (Å²) in [6, 6.07) is 0. The number of morpholine rings is 1. The number of aromatic nitrogens is 3. The Kier molecular flexibility index (Phi) is 2.32. The van der Waals surface area contributed by atoms with Crippen LogP contribution in [-0.4, -0.2) is 52.8 Å². The Bertz CT molecular complexity index is 331. The Hall–Kier alpha value is -1.63. The molecule has 1 saturated heterocycles. The second-order valence-corrected chi connectivity index (χ2v) is 2.90. The number of hydrogen-bond donors (Lipinski definition) is 2. The van der Waals surface area contributed by atoms with Crippen LogP contribution in [0, 0.1) is 0 Å². The number of carbonyl (C=O) groups is 1. The molecule has 1 aromatic rings. The fourth-order valence-corrected chi connectivity index (χ4v) is 1.36. The fourth-order valence-electron chi connectivity index (χ4n) is 1.36. The molecule has 2 N–H and O–H groups in total. The van der Waals surface area contributed by atoms with Crippen molar-refractivity contribution < 1.29 is 14.6 Å². The van der Waals surface area contributed by atoms with Crippen LogP contribution < -0.4 is 4.90 Å². The number of nitrogens with zero attached hydrogens (tertiary/aromatic N) is 3. The summed E-state index contributed by atoms with van der Waals surface area (Å²) in [5.41, 5.74) is -0.0353. The number of ether oxygens (including phenoxy) is 1. The highest BCUT2D eigenvalue weighted by Gasteiger charge is 2.22. The van der Waals surface area contributed by atoms with Crippen molar-refractivity contribution in [2.45, 2.75) is 0 Å². The van der Waals surface area contributed by atoms with E-state index in [-0.39, 0.29) is 5.69 Å². The molecule has 0 aromatic carbocycles. The van der Waals surface area contributed by atoms with Gasteiger partial charge in [0.25, 0.3) is 0 Å². The molecule has 2 heterocycles. The van der Waals surface area contributed by atoms with Gasteiger partial charge in [-0.05, 0) is 0 Å². The topological polar surface area (TPSA) is 91.3 Å². The van der Waals surface area contributed by atoms with Crippen LogP contribution in [-0.2, 0) is 4.74 Å². The number of H-pyrrole nitrogens is 1. The van der Waals surface area contributed by atoms with Gasteiger partial charge in [0.2, 0.25) is 5.69 Å². The molecule has 0 amide bonds. The van der Waals surface area contributed by atoms with E-state index in [2.05, 4.69) is 15.4 Å². The van der Waals surface area contributed by atoms with Gasteiger partial charge in [0.15, 0.2) is 5.82 Å². The van der Waals surface area contributed by atoms with Crippen LogP contribution in [0.15, 0.2) is 0 Å². The SMILES string of the molecule is O=C(O)c1n[nH]nc1N1CCOCC1. The van der Waals surface area contributed by atoms with Crippen molar-refractivity contribution in [2.24, 2.45) is 0 Å². The lowest BCUT2D eigenvalue weighted by Gasteiger charge is -2.26. The molecule has 76 valence electrons. The summed E-state index contributed by atoms with van der Waals surface area (Å²) in [7, 11) is 0. The highest BCUT2D eigenvalue weighted by molar-refractivity contribution is 5.90. The molecule has 0 unspecified atom stereocenters. The van der Waals surface area contributed by atoms with Crippen LogP contribution in [0.5, 0.6) is 0 Å². The Morgan fingerprint density at radius 3 is 2.79 bits per heavy atom. The van der Waals surface area contributed by atoms with Crippen LogP contribution >= 0.6 is 0 Å². The number of aromatic carboxylic acids is 1. The lowest BCUT2D eigenvalue weighted by Crippen LogP contribution is -2.37. The van der Waals surface area contributed by atoms with Crippen molar-refractivity contribution in [3.8, 4) is 0 Å². The number of aromatic amines is 1. The van der Waals surface area contributed by atoms with E-state index >= 15 is 0 Å². The zero-order chi connectivity index (χ0) is 9.97. The van der Waals surface area contributed by atoms with Crippen molar-refractivity contribution >= 4 is 11.8 Å². The average Bonchev–Trinajstić information content (AvgIpc) is 2.67. The summed E-state index contributed by atoms with van der Waals surface area (Å²) in [4.78, 5) is 12.6. The first kappa shape index (κ1) is 8.95. The van der Waals surface area contributed by atoms with Crippen LogP contribution in [0.2, 0.25) is 0 Å². The minimum absolute atomic E-state index is 0.0353. The summed E-state index contributed by atoms with van der Waals surface area (Å²) in [5.74, 6) is -0.680. The fraction of sp³-hybridized carbons (Fsp3) is 0.571. The Balaban J connectivity index is 2.21. The number of nitrogens with one attached hydrogen (secondary N) is 1. The van der Waals surface area contributed by atoms with Crippen molar-refractivity contribution in [1.82, 2.24) is 15.4 Å². The molecule has 14 heavy (non-hydrogen) atoms. The third-order valence-corrected chi connectivity index (χ3v) is 2.04. The predicted octanol–water partition coefficient (Wildman–Crippen LogP) is -0.661. The molecule has 1 aliphatic heterocycles. The maximum atomic E-state index is 10.7. The minimum Gasteiger partial charge on any atom is -0.476 e. The van der Waals surface area contributed by atoms with Crippen LogP contribution in [0.4, 0.5) is 5.82 Å². The van der Waals surface area contributed by atoms with Gasteiger partial charge < -0.3 is 14.7 Å². The first-order chi connectivity index (χ1) is 6.79. The summed E-state index contributed by atoms with van der Waals surface area (Å²) in [6.07, 6.45) is 0. The first-order valence-corrected chi connectivity index (χ1v) is 4.26. The van der Waals surface area contributed by atoms with E-state index in [0.717, 1.165) is 0 Å². The predicted molar refractivity (Wildman–Crippen MR) is 46.4 cm³/mol. The lowest BCUT2D eigenvalue weighted by atomic mass is 10.3. The van der Waals surface area contributed by atoms with E-state index in [1.165, 1.54) is 0 Å². The zero-order valence-electron chi connectivity index (χ0n) is 7.43. The van der Waals surface area contributed by atoms with Gasteiger partial charge in [-0.15, -0.1) is 10.2 Å².